The van der Waals surface area contributed by atoms with Crippen molar-refractivity contribution in [2.75, 3.05) is 25.5 Å². The quantitative estimate of drug-likeness (QED) is 0.825. The topological polar surface area (TPSA) is 64.4 Å². The second-order valence-corrected chi connectivity index (χ2v) is 4.88. The minimum Gasteiger partial charge on any atom is -0.398 e. The van der Waals surface area contributed by atoms with Crippen LogP contribution in [0, 0.1) is 5.92 Å². The van der Waals surface area contributed by atoms with Gasteiger partial charge in [0.2, 0.25) is 0 Å². The first kappa shape index (κ1) is 13.2. The Bertz CT molecular complexity index is 411. The Balaban J connectivity index is 1.95. The molecule has 1 heterocycles. The van der Waals surface area contributed by atoms with Crippen molar-refractivity contribution in [2.45, 2.75) is 12.8 Å². The Morgan fingerprint density at radius 3 is 2.83 bits per heavy atom. The van der Waals surface area contributed by atoms with Gasteiger partial charge in [-0.15, -0.1) is 0 Å². The van der Waals surface area contributed by atoms with Crippen molar-refractivity contribution in [3.8, 4) is 0 Å². The van der Waals surface area contributed by atoms with Gasteiger partial charge in [0.1, 0.15) is 0 Å². The van der Waals surface area contributed by atoms with Crippen molar-refractivity contribution in [1.29, 1.82) is 0 Å². The zero-order valence-electron chi connectivity index (χ0n) is 10.1. The van der Waals surface area contributed by atoms with Gasteiger partial charge in [0.05, 0.1) is 10.6 Å². The number of nitrogens with one attached hydrogen (secondary N) is 1. The summed E-state index contributed by atoms with van der Waals surface area (Å²) in [6.45, 7) is 2.19. The van der Waals surface area contributed by atoms with Crippen LogP contribution in [0.25, 0.3) is 0 Å². The number of ether oxygens (including phenoxy) is 1. The summed E-state index contributed by atoms with van der Waals surface area (Å²) < 4.78 is 5.28. The molecule has 2 rings (SSSR count). The van der Waals surface area contributed by atoms with Crippen LogP contribution < -0.4 is 11.1 Å². The molecule has 0 unspecified atom stereocenters. The van der Waals surface area contributed by atoms with Gasteiger partial charge in [-0.05, 0) is 30.9 Å². The number of benzene rings is 1. The van der Waals surface area contributed by atoms with Crippen molar-refractivity contribution >= 4 is 23.2 Å². The van der Waals surface area contributed by atoms with Crippen LogP contribution in [0.15, 0.2) is 18.2 Å². The lowest BCUT2D eigenvalue weighted by Crippen LogP contribution is -2.32. The molecule has 0 spiro atoms. The zero-order chi connectivity index (χ0) is 13.0. The van der Waals surface area contributed by atoms with E-state index in [9.17, 15) is 4.79 Å². The van der Waals surface area contributed by atoms with E-state index in [1.807, 2.05) is 0 Å². The maximum absolute atomic E-state index is 12.0. The molecule has 0 radical (unpaired) electrons. The number of hydrogen-bond donors (Lipinski definition) is 2. The molecule has 1 aliphatic heterocycles. The lowest BCUT2D eigenvalue weighted by atomic mass is 10.0. The monoisotopic (exact) mass is 268 g/mol. The molecule has 0 saturated carbocycles. The molecule has 1 fully saturated rings. The fraction of sp³-hybridized carbons (Fsp3) is 0.462. The van der Waals surface area contributed by atoms with Crippen molar-refractivity contribution < 1.29 is 9.53 Å². The summed E-state index contributed by atoms with van der Waals surface area (Å²) in [4.78, 5) is 12.0. The molecule has 1 saturated heterocycles. The summed E-state index contributed by atoms with van der Waals surface area (Å²) in [5.74, 6) is 0.274. The lowest BCUT2D eigenvalue weighted by Gasteiger charge is -2.22. The van der Waals surface area contributed by atoms with E-state index in [0.29, 0.717) is 28.7 Å². The van der Waals surface area contributed by atoms with Crippen LogP contribution in [0.4, 0.5) is 5.69 Å². The highest BCUT2D eigenvalue weighted by atomic mass is 35.5. The van der Waals surface area contributed by atoms with Crippen LogP contribution in [0.5, 0.6) is 0 Å². The Hall–Kier alpha value is -1.26. The minimum atomic E-state index is -0.204. The number of halogens is 1. The molecule has 1 aliphatic rings. The lowest BCUT2D eigenvalue weighted by molar-refractivity contribution is 0.0643. The van der Waals surface area contributed by atoms with E-state index in [4.69, 9.17) is 22.1 Å². The summed E-state index contributed by atoms with van der Waals surface area (Å²) >= 11 is 5.99. The van der Waals surface area contributed by atoms with Gasteiger partial charge in [0, 0.05) is 25.4 Å². The first-order chi connectivity index (χ1) is 8.68. The molecule has 98 valence electrons. The van der Waals surface area contributed by atoms with E-state index < -0.39 is 0 Å². The maximum atomic E-state index is 12.0. The molecular formula is C13H17ClN2O2. The Labute approximate surface area is 111 Å². The standard InChI is InChI=1S/C13H17ClN2O2/c14-10-2-1-3-11(15)12(10)13(17)16-8-9-4-6-18-7-5-9/h1-3,9H,4-8,15H2,(H,16,17). The second-order valence-electron chi connectivity index (χ2n) is 4.47. The summed E-state index contributed by atoms with van der Waals surface area (Å²) in [6, 6.07) is 5.07. The molecule has 1 aromatic carbocycles. The van der Waals surface area contributed by atoms with Gasteiger partial charge in [0.15, 0.2) is 0 Å². The Kier molecular flexibility index (Phi) is 4.44. The number of hydrogen-bond acceptors (Lipinski definition) is 3. The highest BCUT2D eigenvalue weighted by molar-refractivity contribution is 6.34. The maximum Gasteiger partial charge on any atom is 0.254 e. The van der Waals surface area contributed by atoms with Gasteiger partial charge in [-0.25, -0.2) is 0 Å². The molecule has 0 atom stereocenters. The molecule has 3 N–H and O–H groups in total. The van der Waals surface area contributed by atoms with Crippen LogP contribution in [0.1, 0.15) is 23.2 Å². The van der Waals surface area contributed by atoms with Crippen molar-refractivity contribution in [2.24, 2.45) is 5.92 Å². The molecule has 5 heteroatoms. The van der Waals surface area contributed by atoms with Crippen LogP contribution in [0.3, 0.4) is 0 Å². The Morgan fingerprint density at radius 1 is 1.44 bits per heavy atom. The number of nitrogen functional groups attached to an aromatic ring is 1. The number of carbonyl (C=O) groups is 1. The molecule has 0 aliphatic carbocycles. The minimum absolute atomic E-state index is 0.204. The highest BCUT2D eigenvalue weighted by Gasteiger charge is 2.17. The average molecular weight is 269 g/mol. The fourth-order valence-electron chi connectivity index (χ4n) is 2.06. The molecular weight excluding hydrogens is 252 g/mol. The van der Waals surface area contributed by atoms with E-state index in [2.05, 4.69) is 5.32 Å². The van der Waals surface area contributed by atoms with Crippen LogP contribution >= 0.6 is 11.6 Å². The molecule has 0 bridgehead atoms. The number of amides is 1. The number of carbonyl (C=O) groups excluding carboxylic acids is 1. The van der Waals surface area contributed by atoms with E-state index in [0.717, 1.165) is 26.1 Å². The first-order valence-electron chi connectivity index (χ1n) is 6.08. The SMILES string of the molecule is Nc1cccc(Cl)c1C(=O)NCC1CCOCC1. The first-order valence-corrected chi connectivity index (χ1v) is 6.46. The summed E-state index contributed by atoms with van der Waals surface area (Å²) in [5, 5.41) is 3.28. The second kappa shape index (κ2) is 6.07. The van der Waals surface area contributed by atoms with Gasteiger partial charge >= 0.3 is 0 Å². The predicted octanol–water partition coefficient (Wildman–Crippen LogP) is 2.08. The fourth-order valence-corrected chi connectivity index (χ4v) is 2.32. The average Bonchev–Trinajstić information content (AvgIpc) is 2.37. The number of nitrogens with two attached hydrogens (primary N) is 1. The molecule has 1 aromatic rings. The largest absolute Gasteiger partial charge is 0.398 e. The molecule has 18 heavy (non-hydrogen) atoms. The third-order valence-corrected chi connectivity index (χ3v) is 3.48. The smallest absolute Gasteiger partial charge is 0.254 e. The Morgan fingerprint density at radius 2 is 2.17 bits per heavy atom. The van der Waals surface area contributed by atoms with Gasteiger partial charge < -0.3 is 15.8 Å². The number of rotatable bonds is 3. The van der Waals surface area contributed by atoms with Crippen molar-refractivity contribution in [3.05, 3.63) is 28.8 Å². The van der Waals surface area contributed by atoms with E-state index in [1.54, 1.807) is 18.2 Å². The zero-order valence-corrected chi connectivity index (χ0v) is 10.9. The van der Waals surface area contributed by atoms with E-state index in [-0.39, 0.29) is 5.91 Å². The van der Waals surface area contributed by atoms with Gasteiger partial charge in [-0.2, -0.15) is 0 Å². The van der Waals surface area contributed by atoms with Crippen LogP contribution in [0.2, 0.25) is 5.02 Å². The molecule has 4 nitrogen and oxygen atoms in total. The molecule has 1 amide bonds. The van der Waals surface area contributed by atoms with Gasteiger partial charge in [-0.3, -0.25) is 4.79 Å². The molecule has 0 aromatic heterocycles. The summed E-state index contributed by atoms with van der Waals surface area (Å²) in [5.41, 5.74) is 6.54. The van der Waals surface area contributed by atoms with E-state index >= 15 is 0 Å². The number of anilines is 1. The van der Waals surface area contributed by atoms with E-state index in [1.165, 1.54) is 0 Å². The van der Waals surface area contributed by atoms with Crippen molar-refractivity contribution in [1.82, 2.24) is 5.32 Å². The highest BCUT2D eigenvalue weighted by Crippen LogP contribution is 2.22. The van der Waals surface area contributed by atoms with Gasteiger partial charge in [-0.1, -0.05) is 17.7 Å². The van der Waals surface area contributed by atoms with Crippen LogP contribution in [-0.4, -0.2) is 25.7 Å². The van der Waals surface area contributed by atoms with Gasteiger partial charge in [0.25, 0.3) is 5.91 Å². The summed E-state index contributed by atoms with van der Waals surface area (Å²) in [6.07, 6.45) is 1.97. The third-order valence-electron chi connectivity index (χ3n) is 3.17. The third kappa shape index (κ3) is 3.15. The van der Waals surface area contributed by atoms with Crippen LogP contribution in [-0.2, 0) is 4.74 Å². The normalized spacial score (nSPS) is 16.5. The predicted molar refractivity (Wildman–Crippen MR) is 71.7 cm³/mol. The summed E-state index contributed by atoms with van der Waals surface area (Å²) in [7, 11) is 0. The van der Waals surface area contributed by atoms with Crippen molar-refractivity contribution in [3.63, 3.8) is 0 Å².